The highest BCUT2D eigenvalue weighted by atomic mass is 32.2. The van der Waals surface area contributed by atoms with Gasteiger partial charge in [-0.3, -0.25) is 15.1 Å². The molecule has 0 saturated carbocycles. The molecule has 1 aromatic rings. The zero-order valence-corrected chi connectivity index (χ0v) is 13.1. The van der Waals surface area contributed by atoms with Gasteiger partial charge >= 0.3 is 0 Å². The van der Waals surface area contributed by atoms with Crippen molar-refractivity contribution in [2.24, 2.45) is 4.99 Å². The summed E-state index contributed by atoms with van der Waals surface area (Å²) < 4.78 is 0. The largest absolute Gasteiger partial charge is 0.355 e. The van der Waals surface area contributed by atoms with Gasteiger partial charge in [-0.15, -0.1) is 0 Å². The second kappa shape index (κ2) is 9.83. The van der Waals surface area contributed by atoms with E-state index in [1.165, 1.54) is 17.3 Å². The van der Waals surface area contributed by atoms with E-state index in [0.29, 0.717) is 11.7 Å². The van der Waals surface area contributed by atoms with E-state index in [-0.39, 0.29) is 17.7 Å². The molecule has 2 N–H and O–H groups in total. The summed E-state index contributed by atoms with van der Waals surface area (Å²) >= 11 is 1.23. The average Bonchev–Trinajstić information content (AvgIpc) is 2.45. The van der Waals surface area contributed by atoms with E-state index in [1.807, 2.05) is 50.4 Å². The molecule has 0 aliphatic rings. The lowest BCUT2D eigenvalue weighted by atomic mass is 10.1. The summed E-state index contributed by atoms with van der Waals surface area (Å²) in [5, 5.41) is 14.5. The summed E-state index contributed by atoms with van der Waals surface area (Å²) in [5.74, 6) is 0.182. The predicted octanol–water partition coefficient (Wildman–Crippen LogP) is 1.91. The summed E-state index contributed by atoms with van der Waals surface area (Å²) in [5.41, 5.74) is 1.19. The van der Waals surface area contributed by atoms with E-state index in [9.17, 15) is 4.79 Å². The first kappa shape index (κ1) is 17.1. The third-order valence-corrected chi connectivity index (χ3v) is 3.34. The van der Waals surface area contributed by atoms with Crippen LogP contribution in [0.25, 0.3) is 0 Å². The van der Waals surface area contributed by atoms with Crippen LogP contribution in [0.3, 0.4) is 0 Å². The summed E-state index contributed by atoms with van der Waals surface area (Å²) in [6.07, 6.45) is 2.63. The van der Waals surface area contributed by atoms with Crippen LogP contribution in [-0.2, 0) is 11.2 Å². The van der Waals surface area contributed by atoms with Gasteiger partial charge in [-0.1, -0.05) is 42.1 Å². The van der Waals surface area contributed by atoms with Crippen molar-refractivity contribution in [2.75, 3.05) is 12.3 Å². The summed E-state index contributed by atoms with van der Waals surface area (Å²) in [4.78, 5) is 16.0. The lowest BCUT2D eigenvalue weighted by Gasteiger charge is -2.07. The molecule has 21 heavy (non-hydrogen) atoms. The molecule has 5 nitrogen and oxygen atoms in total. The molecule has 1 aromatic carbocycles. The molecule has 0 fully saturated rings. The van der Waals surface area contributed by atoms with Crippen molar-refractivity contribution in [3.8, 4) is 6.19 Å². The first-order chi connectivity index (χ1) is 10.1. The molecule has 112 valence electrons. The lowest BCUT2D eigenvalue weighted by Crippen LogP contribution is -2.29. The van der Waals surface area contributed by atoms with Crippen LogP contribution in [0.2, 0.25) is 0 Å². The normalized spacial score (nSPS) is 11.0. The van der Waals surface area contributed by atoms with Crippen LogP contribution in [0.15, 0.2) is 35.3 Å². The monoisotopic (exact) mass is 304 g/mol. The van der Waals surface area contributed by atoms with Crippen molar-refractivity contribution < 1.29 is 4.79 Å². The molecular formula is C15H20N4OS. The fourth-order valence-electron chi connectivity index (χ4n) is 1.56. The van der Waals surface area contributed by atoms with Gasteiger partial charge in [0, 0.05) is 12.6 Å². The third kappa shape index (κ3) is 8.00. The Hall–Kier alpha value is -2.00. The van der Waals surface area contributed by atoms with E-state index in [2.05, 4.69) is 15.6 Å². The fourth-order valence-corrected chi connectivity index (χ4v) is 2.34. The molecule has 0 spiro atoms. The lowest BCUT2D eigenvalue weighted by molar-refractivity contribution is -0.118. The van der Waals surface area contributed by atoms with E-state index in [0.717, 1.165) is 6.42 Å². The molecule has 0 bridgehead atoms. The molecule has 0 aliphatic carbocycles. The summed E-state index contributed by atoms with van der Waals surface area (Å²) in [6, 6.07) is 10.1. The fraction of sp³-hybridized carbons (Fsp3) is 0.400. The van der Waals surface area contributed by atoms with Gasteiger partial charge in [0.25, 0.3) is 0 Å². The minimum Gasteiger partial charge on any atom is -0.355 e. The van der Waals surface area contributed by atoms with Crippen molar-refractivity contribution >= 4 is 22.8 Å². The minimum absolute atomic E-state index is 0.0628. The topological polar surface area (TPSA) is 77.3 Å². The molecule has 1 rings (SSSR count). The summed E-state index contributed by atoms with van der Waals surface area (Å²) in [7, 11) is 0. The highest BCUT2D eigenvalue weighted by Gasteiger charge is 2.06. The van der Waals surface area contributed by atoms with Gasteiger partial charge in [-0.05, 0) is 25.8 Å². The van der Waals surface area contributed by atoms with Gasteiger partial charge in [0.2, 0.25) is 5.91 Å². The Balaban J connectivity index is 2.28. The minimum atomic E-state index is -0.0628. The maximum Gasteiger partial charge on any atom is 0.230 e. The zero-order chi connectivity index (χ0) is 15.5. The Morgan fingerprint density at radius 3 is 2.71 bits per heavy atom. The van der Waals surface area contributed by atoms with Gasteiger partial charge in [-0.25, -0.2) is 0 Å². The third-order valence-electron chi connectivity index (χ3n) is 2.46. The second-order valence-electron chi connectivity index (χ2n) is 4.64. The first-order valence-electron chi connectivity index (χ1n) is 6.78. The van der Waals surface area contributed by atoms with Crippen LogP contribution in [0.4, 0.5) is 0 Å². The SMILES string of the molecule is CC(C)N=C(NC#N)SCC(=O)NCCc1ccccc1. The number of amides is 1. The van der Waals surface area contributed by atoms with E-state index in [1.54, 1.807) is 0 Å². The first-order valence-corrected chi connectivity index (χ1v) is 7.76. The number of nitrogens with one attached hydrogen (secondary N) is 2. The Kier molecular flexibility index (Phi) is 7.99. The summed E-state index contributed by atoms with van der Waals surface area (Å²) in [6.45, 7) is 4.44. The molecule has 0 aliphatic heterocycles. The van der Waals surface area contributed by atoms with Gasteiger partial charge in [-0.2, -0.15) is 5.26 Å². The highest BCUT2D eigenvalue weighted by molar-refractivity contribution is 8.14. The Labute approximate surface area is 129 Å². The number of carbonyl (C=O) groups is 1. The number of amidine groups is 1. The van der Waals surface area contributed by atoms with E-state index < -0.39 is 0 Å². The average molecular weight is 304 g/mol. The van der Waals surface area contributed by atoms with Crippen LogP contribution in [0, 0.1) is 11.5 Å². The smallest absolute Gasteiger partial charge is 0.230 e. The van der Waals surface area contributed by atoms with Gasteiger partial charge in [0.15, 0.2) is 11.4 Å². The highest BCUT2D eigenvalue weighted by Crippen LogP contribution is 2.04. The maximum absolute atomic E-state index is 11.7. The van der Waals surface area contributed by atoms with Crippen molar-refractivity contribution in [2.45, 2.75) is 26.3 Å². The van der Waals surface area contributed by atoms with Crippen LogP contribution < -0.4 is 10.6 Å². The molecule has 0 heterocycles. The van der Waals surface area contributed by atoms with Gasteiger partial charge in [0.05, 0.1) is 5.75 Å². The number of rotatable bonds is 6. The molecule has 0 aromatic heterocycles. The van der Waals surface area contributed by atoms with Crippen LogP contribution in [-0.4, -0.2) is 29.4 Å². The van der Waals surface area contributed by atoms with E-state index in [4.69, 9.17) is 5.26 Å². The number of carbonyl (C=O) groups excluding carboxylic acids is 1. The second-order valence-corrected chi connectivity index (χ2v) is 5.60. The predicted molar refractivity (Wildman–Crippen MR) is 86.9 cm³/mol. The molecule has 1 amide bonds. The number of aliphatic imine (C=N–C) groups is 1. The molecule has 0 saturated heterocycles. The Morgan fingerprint density at radius 1 is 1.38 bits per heavy atom. The Morgan fingerprint density at radius 2 is 2.10 bits per heavy atom. The van der Waals surface area contributed by atoms with Crippen molar-refractivity contribution in [1.29, 1.82) is 5.26 Å². The number of nitrogens with zero attached hydrogens (tertiary/aromatic N) is 2. The maximum atomic E-state index is 11.7. The number of thioether (sulfide) groups is 1. The van der Waals surface area contributed by atoms with Crippen LogP contribution >= 0.6 is 11.8 Å². The van der Waals surface area contributed by atoms with Crippen LogP contribution in [0.1, 0.15) is 19.4 Å². The molecule has 0 atom stereocenters. The van der Waals surface area contributed by atoms with Gasteiger partial charge < -0.3 is 5.32 Å². The molecular weight excluding hydrogens is 284 g/mol. The van der Waals surface area contributed by atoms with E-state index >= 15 is 0 Å². The van der Waals surface area contributed by atoms with Crippen molar-refractivity contribution in [3.63, 3.8) is 0 Å². The zero-order valence-electron chi connectivity index (χ0n) is 12.3. The molecule has 0 unspecified atom stereocenters. The van der Waals surface area contributed by atoms with Gasteiger partial charge in [0.1, 0.15) is 0 Å². The Bertz CT molecular complexity index is 508. The number of hydrogen-bond acceptors (Lipinski definition) is 4. The standard InChI is InChI=1S/C15H20N4OS/c1-12(2)19-15(18-11-16)21-10-14(20)17-9-8-13-6-4-3-5-7-13/h3-7,12H,8-10H2,1-2H3,(H,17,20)(H,18,19). The molecule has 6 heteroatoms. The number of benzene rings is 1. The van der Waals surface area contributed by atoms with Crippen molar-refractivity contribution in [3.05, 3.63) is 35.9 Å². The van der Waals surface area contributed by atoms with Crippen LogP contribution in [0.5, 0.6) is 0 Å². The quantitative estimate of drug-likeness (QED) is 0.364. The molecule has 0 radical (unpaired) electrons. The number of nitriles is 1. The number of hydrogen-bond donors (Lipinski definition) is 2. The van der Waals surface area contributed by atoms with Crippen molar-refractivity contribution in [1.82, 2.24) is 10.6 Å².